The van der Waals surface area contributed by atoms with Gasteiger partial charge in [0, 0.05) is 25.3 Å². The highest BCUT2D eigenvalue weighted by molar-refractivity contribution is 5.98. The van der Waals surface area contributed by atoms with Crippen molar-refractivity contribution in [2.45, 2.75) is 18.9 Å². The lowest BCUT2D eigenvalue weighted by Crippen LogP contribution is -2.44. The maximum atomic E-state index is 12.0. The van der Waals surface area contributed by atoms with Crippen LogP contribution in [0.1, 0.15) is 23.3 Å². The Labute approximate surface area is 110 Å². The molecule has 0 aromatic carbocycles. The number of rotatable bonds is 2. The van der Waals surface area contributed by atoms with Gasteiger partial charge in [0.2, 0.25) is 0 Å². The summed E-state index contributed by atoms with van der Waals surface area (Å²) in [6.07, 6.45) is 2.89. The summed E-state index contributed by atoms with van der Waals surface area (Å²) in [6.45, 7) is 1.16. The van der Waals surface area contributed by atoms with Gasteiger partial charge in [-0.15, -0.1) is 0 Å². The molecular weight excluding hydrogens is 248 g/mol. The second-order valence-electron chi connectivity index (χ2n) is 4.46. The molecule has 0 saturated carbocycles. The van der Waals surface area contributed by atoms with Crippen molar-refractivity contribution in [3.8, 4) is 0 Å². The van der Waals surface area contributed by atoms with Crippen LogP contribution in [-0.2, 0) is 0 Å². The Morgan fingerprint density at radius 1 is 1.42 bits per heavy atom. The Morgan fingerprint density at radius 2 is 2.11 bits per heavy atom. The molecule has 7 nitrogen and oxygen atoms in total. The first-order valence-electron chi connectivity index (χ1n) is 6.07. The Bertz CT molecular complexity index is 484. The number of aromatic carboxylic acids is 1. The van der Waals surface area contributed by atoms with E-state index in [1.807, 2.05) is 0 Å². The minimum Gasteiger partial charge on any atom is -0.476 e. The van der Waals surface area contributed by atoms with Crippen molar-refractivity contribution in [3.63, 3.8) is 0 Å². The normalized spacial score (nSPS) is 16.2. The third-order valence-corrected chi connectivity index (χ3v) is 3.08. The van der Waals surface area contributed by atoms with Crippen molar-refractivity contribution in [3.05, 3.63) is 24.0 Å². The quantitative estimate of drug-likeness (QED) is 0.729. The van der Waals surface area contributed by atoms with E-state index in [0.717, 1.165) is 12.8 Å². The molecule has 1 aliphatic rings. The van der Waals surface area contributed by atoms with Crippen molar-refractivity contribution >= 4 is 17.7 Å². The molecular formula is C12H16N4O3. The summed E-state index contributed by atoms with van der Waals surface area (Å²) in [5, 5.41) is 11.6. The number of anilines is 1. The summed E-state index contributed by atoms with van der Waals surface area (Å²) in [6, 6.07) is 2.91. The molecule has 2 rings (SSSR count). The number of pyridine rings is 1. The van der Waals surface area contributed by atoms with E-state index in [4.69, 9.17) is 10.8 Å². The van der Waals surface area contributed by atoms with Crippen molar-refractivity contribution in [2.24, 2.45) is 5.73 Å². The molecule has 0 atom stereocenters. The monoisotopic (exact) mass is 264 g/mol. The molecule has 4 N–H and O–H groups in total. The third kappa shape index (κ3) is 3.19. The highest BCUT2D eigenvalue weighted by Gasteiger charge is 2.22. The molecule has 1 aliphatic heterocycles. The van der Waals surface area contributed by atoms with E-state index in [1.54, 1.807) is 11.0 Å². The molecule has 0 aliphatic carbocycles. The van der Waals surface area contributed by atoms with Gasteiger partial charge in [0.1, 0.15) is 0 Å². The molecule has 1 fully saturated rings. The Hall–Kier alpha value is -2.15. The second kappa shape index (κ2) is 5.66. The molecule has 0 unspecified atom stereocenters. The van der Waals surface area contributed by atoms with Crippen LogP contribution < -0.4 is 11.1 Å². The lowest BCUT2D eigenvalue weighted by Gasteiger charge is -2.30. The van der Waals surface area contributed by atoms with Crippen LogP contribution in [-0.4, -0.2) is 46.1 Å². The number of carboxylic acids is 1. The van der Waals surface area contributed by atoms with Gasteiger partial charge in [-0.1, -0.05) is 0 Å². The van der Waals surface area contributed by atoms with E-state index in [9.17, 15) is 9.59 Å². The first-order valence-corrected chi connectivity index (χ1v) is 6.07. The van der Waals surface area contributed by atoms with Crippen LogP contribution in [0, 0.1) is 0 Å². The van der Waals surface area contributed by atoms with Crippen LogP contribution in [0.3, 0.4) is 0 Å². The van der Waals surface area contributed by atoms with Gasteiger partial charge < -0.3 is 21.1 Å². The number of carboxylic acid groups (broad SMARTS) is 1. The smallest absolute Gasteiger partial charge is 0.356 e. The molecule has 0 radical (unpaired) electrons. The minimum absolute atomic E-state index is 0.136. The van der Waals surface area contributed by atoms with Crippen LogP contribution in [0.15, 0.2) is 18.3 Å². The predicted octanol–water partition coefficient (Wildman–Crippen LogP) is 0.735. The summed E-state index contributed by atoms with van der Waals surface area (Å²) in [4.78, 5) is 28.3. The van der Waals surface area contributed by atoms with Gasteiger partial charge in [-0.3, -0.25) is 0 Å². The molecule has 19 heavy (non-hydrogen) atoms. The number of hydrogen-bond acceptors (Lipinski definition) is 4. The lowest BCUT2D eigenvalue weighted by molar-refractivity contribution is 0.0691. The average Bonchev–Trinajstić information content (AvgIpc) is 2.39. The van der Waals surface area contributed by atoms with E-state index >= 15 is 0 Å². The van der Waals surface area contributed by atoms with Crippen LogP contribution in [0.2, 0.25) is 0 Å². The molecule has 7 heteroatoms. The van der Waals surface area contributed by atoms with Gasteiger partial charge in [0.15, 0.2) is 5.69 Å². The number of nitrogens with one attached hydrogen (secondary N) is 1. The van der Waals surface area contributed by atoms with Gasteiger partial charge >= 0.3 is 12.0 Å². The molecule has 1 aromatic rings. The van der Waals surface area contributed by atoms with E-state index in [0.29, 0.717) is 13.1 Å². The van der Waals surface area contributed by atoms with Crippen LogP contribution >= 0.6 is 0 Å². The molecule has 0 spiro atoms. The van der Waals surface area contributed by atoms with Crippen LogP contribution in [0.5, 0.6) is 0 Å². The zero-order chi connectivity index (χ0) is 13.8. The summed E-state index contributed by atoms with van der Waals surface area (Å²) in [5.74, 6) is -1.17. The summed E-state index contributed by atoms with van der Waals surface area (Å²) in [7, 11) is 0. The van der Waals surface area contributed by atoms with E-state index in [1.165, 1.54) is 12.3 Å². The van der Waals surface area contributed by atoms with Gasteiger partial charge in [0.25, 0.3) is 0 Å². The first-order chi connectivity index (χ1) is 9.08. The molecule has 2 amide bonds. The fourth-order valence-corrected chi connectivity index (χ4v) is 1.97. The SMILES string of the molecule is NC1CCN(C(=O)Nc2cccnc2C(=O)O)CC1. The third-order valence-electron chi connectivity index (χ3n) is 3.08. The fraction of sp³-hybridized carbons (Fsp3) is 0.417. The number of amides is 2. The van der Waals surface area contributed by atoms with E-state index < -0.39 is 5.97 Å². The number of piperidine rings is 1. The Morgan fingerprint density at radius 3 is 2.74 bits per heavy atom. The minimum atomic E-state index is -1.17. The maximum absolute atomic E-state index is 12.0. The highest BCUT2D eigenvalue weighted by atomic mass is 16.4. The number of aromatic nitrogens is 1. The van der Waals surface area contributed by atoms with Crippen molar-refractivity contribution < 1.29 is 14.7 Å². The van der Waals surface area contributed by atoms with Crippen LogP contribution in [0.25, 0.3) is 0 Å². The van der Waals surface area contributed by atoms with Gasteiger partial charge in [0.05, 0.1) is 5.69 Å². The number of nitrogens with two attached hydrogens (primary N) is 1. The molecule has 102 valence electrons. The summed E-state index contributed by atoms with van der Waals surface area (Å²) < 4.78 is 0. The number of carbonyl (C=O) groups excluding carboxylic acids is 1. The Kier molecular flexibility index (Phi) is 3.96. The fourth-order valence-electron chi connectivity index (χ4n) is 1.97. The molecule has 1 aromatic heterocycles. The molecule has 1 saturated heterocycles. The van der Waals surface area contributed by atoms with Crippen LogP contribution in [0.4, 0.5) is 10.5 Å². The van der Waals surface area contributed by atoms with Crippen molar-refractivity contribution in [1.82, 2.24) is 9.88 Å². The standard InChI is InChI=1S/C12H16N4O3/c13-8-3-6-16(7-4-8)12(19)15-9-2-1-5-14-10(9)11(17)18/h1-2,5,8H,3-4,6-7,13H2,(H,15,19)(H,17,18). The zero-order valence-corrected chi connectivity index (χ0v) is 10.4. The largest absolute Gasteiger partial charge is 0.476 e. The molecule has 0 bridgehead atoms. The molecule has 2 heterocycles. The predicted molar refractivity (Wildman–Crippen MR) is 69.0 cm³/mol. The van der Waals surface area contributed by atoms with E-state index in [-0.39, 0.29) is 23.5 Å². The van der Waals surface area contributed by atoms with Gasteiger partial charge in [-0.05, 0) is 25.0 Å². The van der Waals surface area contributed by atoms with Gasteiger partial charge in [-0.2, -0.15) is 0 Å². The lowest BCUT2D eigenvalue weighted by atomic mass is 10.1. The topological polar surface area (TPSA) is 109 Å². The van der Waals surface area contributed by atoms with Crippen molar-refractivity contribution in [2.75, 3.05) is 18.4 Å². The summed E-state index contributed by atoms with van der Waals surface area (Å²) >= 11 is 0. The number of hydrogen-bond donors (Lipinski definition) is 3. The second-order valence-corrected chi connectivity index (χ2v) is 4.46. The Balaban J connectivity index is 2.05. The number of likely N-dealkylation sites (tertiary alicyclic amines) is 1. The number of nitrogens with zero attached hydrogens (tertiary/aromatic N) is 2. The first kappa shape index (κ1) is 13.3. The highest BCUT2D eigenvalue weighted by Crippen LogP contribution is 2.15. The van der Waals surface area contributed by atoms with E-state index in [2.05, 4.69) is 10.3 Å². The summed E-state index contributed by atoms with van der Waals surface area (Å²) in [5.41, 5.74) is 5.81. The maximum Gasteiger partial charge on any atom is 0.356 e. The van der Waals surface area contributed by atoms with Gasteiger partial charge in [-0.25, -0.2) is 14.6 Å². The number of carbonyl (C=O) groups is 2. The van der Waals surface area contributed by atoms with Crippen molar-refractivity contribution in [1.29, 1.82) is 0 Å². The zero-order valence-electron chi connectivity index (χ0n) is 10.4. The number of urea groups is 1. The average molecular weight is 264 g/mol.